The van der Waals surface area contributed by atoms with E-state index in [1.807, 2.05) is 41.0 Å². The molecule has 3 rings (SSSR count). The van der Waals surface area contributed by atoms with Crippen LogP contribution in [0, 0.1) is 0 Å². The van der Waals surface area contributed by atoms with Gasteiger partial charge in [0.05, 0.1) is 18.5 Å². The number of aromatic nitrogens is 4. The highest BCUT2D eigenvalue weighted by molar-refractivity contribution is 7.99. The molecule has 1 aromatic carbocycles. The van der Waals surface area contributed by atoms with Crippen molar-refractivity contribution in [2.75, 3.05) is 11.1 Å². The highest BCUT2D eigenvalue weighted by Gasteiger charge is 2.13. The Morgan fingerprint density at radius 1 is 1.21 bits per heavy atom. The summed E-state index contributed by atoms with van der Waals surface area (Å²) in [5.74, 6) is 0.713. The molecule has 0 aliphatic rings. The van der Waals surface area contributed by atoms with Gasteiger partial charge in [-0.1, -0.05) is 42.1 Å². The van der Waals surface area contributed by atoms with Crippen LogP contribution in [-0.4, -0.2) is 37.6 Å². The van der Waals surface area contributed by atoms with E-state index in [0.29, 0.717) is 18.2 Å². The van der Waals surface area contributed by atoms with Gasteiger partial charge in [0.15, 0.2) is 11.0 Å². The lowest BCUT2D eigenvalue weighted by Crippen LogP contribution is -2.20. The van der Waals surface area contributed by atoms with Gasteiger partial charge >= 0.3 is 0 Å². The second kappa shape index (κ2) is 10.8. The molecule has 0 aliphatic carbocycles. The van der Waals surface area contributed by atoms with Crippen molar-refractivity contribution in [2.24, 2.45) is 5.10 Å². The van der Waals surface area contributed by atoms with E-state index < -0.39 is 0 Å². The van der Waals surface area contributed by atoms with Gasteiger partial charge in [-0.3, -0.25) is 9.78 Å². The van der Waals surface area contributed by atoms with Crippen LogP contribution in [0.5, 0.6) is 0 Å². The predicted molar refractivity (Wildman–Crippen MR) is 115 cm³/mol. The second-order valence-electron chi connectivity index (χ2n) is 5.89. The van der Waals surface area contributed by atoms with Crippen LogP contribution in [0.25, 0.3) is 0 Å². The highest BCUT2D eigenvalue weighted by Crippen LogP contribution is 2.18. The number of carbonyl (C=O) groups excluding carboxylic acids is 1. The minimum absolute atomic E-state index is 0.172. The normalized spacial score (nSPS) is 10.8. The first-order valence-corrected chi connectivity index (χ1v) is 9.91. The molecule has 2 aromatic heterocycles. The Balaban J connectivity index is 1.54. The molecule has 3 aromatic rings. The van der Waals surface area contributed by atoms with Crippen LogP contribution in [-0.2, 0) is 17.9 Å². The van der Waals surface area contributed by atoms with Gasteiger partial charge in [-0.15, -0.1) is 16.8 Å². The fourth-order valence-corrected chi connectivity index (χ4v) is 3.16. The Hall–Kier alpha value is -3.46. The summed E-state index contributed by atoms with van der Waals surface area (Å²) in [7, 11) is 0. The zero-order chi connectivity index (χ0) is 20.3. The van der Waals surface area contributed by atoms with Crippen LogP contribution >= 0.6 is 11.8 Å². The van der Waals surface area contributed by atoms with Crippen molar-refractivity contribution in [1.29, 1.82) is 0 Å². The molecule has 0 radical (unpaired) electrons. The maximum atomic E-state index is 12.0. The fourth-order valence-electron chi connectivity index (χ4n) is 2.40. The van der Waals surface area contributed by atoms with E-state index in [1.165, 1.54) is 11.8 Å². The average molecular weight is 408 g/mol. The lowest BCUT2D eigenvalue weighted by atomic mass is 10.3. The Morgan fingerprint density at radius 3 is 2.83 bits per heavy atom. The van der Waals surface area contributed by atoms with Gasteiger partial charge in [-0.2, -0.15) is 5.10 Å². The van der Waals surface area contributed by atoms with Crippen molar-refractivity contribution >= 4 is 29.6 Å². The van der Waals surface area contributed by atoms with Crippen molar-refractivity contribution in [3.63, 3.8) is 0 Å². The van der Waals surface area contributed by atoms with Crippen molar-refractivity contribution < 1.29 is 4.79 Å². The lowest BCUT2D eigenvalue weighted by molar-refractivity contribution is -0.118. The molecule has 1 amide bonds. The Bertz CT molecular complexity index is 957. The molecule has 0 bridgehead atoms. The summed E-state index contributed by atoms with van der Waals surface area (Å²) in [5, 5.41) is 16.4. The Morgan fingerprint density at radius 2 is 2.07 bits per heavy atom. The first-order chi connectivity index (χ1) is 14.3. The number of hydrogen-bond donors (Lipinski definition) is 2. The number of rotatable bonds is 10. The summed E-state index contributed by atoms with van der Waals surface area (Å²) >= 11 is 1.30. The summed E-state index contributed by atoms with van der Waals surface area (Å²) in [5.41, 5.74) is 4.31. The van der Waals surface area contributed by atoms with Crippen molar-refractivity contribution in [3.05, 3.63) is 78.9 Å². The number of amides is 1. The molecule has 8 nitrogen and oxygen atoms in total. The zero-order valence-electron chi connectivity index (χ0n) is 15.7. The molecule has 148 valence electrons. The molecule has 0 saturated carbocycles. The molecular weight excluding hydrogens is 386 g/mol. The number of pyridine rings is 1. The summed E-state index contributed by atoms with van der Waals surface area (Å²) < 4.78 is 1.93. The fraction of sp³-hybridized carbons (Fsp3) is 0.150. The smallest absolute Gasteiger partial charge is 0.250 e. The van der Waals surface area contributed by atoms with Crippen LogP contribution in [0.2, 0.25) is 0 Å². The van der Waals surface area contributed by atoms with E-state index in [4.69, 9.17) is 0 Å². The van der Waals surface area contributed by atoms with Crippen LogP contribution < -0.4 is 10.7 Å². The van der Waals surface area contributed by atoms with E-state index >= 15 is 0 Å². The topological polar surface area (TPSA) is 97.1 Å². The van der Waals surface area contributed by atoms with E-state index in [0.717, 1.165) is 17.1 Å². The number of carbonyl (C=O) groups is 1. The van der Waals surface area contributed by atoms with Gasteiger partial charge in [0.1, 0.15) is 0 Å². The standard InChI is InChI=1S/C20H21N7OS/c1-2-11-27-18(14-22-17-8-4-3-5-9-17)24-26-20(27)29-15-19(28)25-23-13-16-7-6-10-21-12-16/h2-10,12-13,22H,1,11,14-15H2,(H,25,28)/b23-13-. The predicted octanol–water partition coefficient (Wildman–Crippen LogP) is 2.71. The third-order valence-electron chi connectivity index (χ3n) is 3.75. The minimum Gasteiger partial charge on any atom is -0.378 e. The monoisotopic (exact) mass is 407 g/mol. The lowest BCUT2D eigenvalue weighted by Gasteiger charge is -2.09. The van der Waals surface area contributed by atoms with E-state index in [9.17, 15) is 4.79 Å². The Labute approximate surface area is 173 Å². The molecule has 0 aliphatic heterocycles. The number of hydrazone groups is 1. The van der Waals surface area contributed by atoms with E-state index in [-0.39, 0.29) is 11.7 Å². The van der Waals surface area contributed by atoms with Crippen LogP contribution in [0.1, 0.15) is 11.4 Å². The number of nitrogens with zero attached hydrogens (tertiary/aromatic N) is 5. The first-order valence-electron chi connectivity index (χ1n) is 8.93. The summed E-state index contributed by atoms with van der Waals surface area (Å²) in [6.45, 7) is 4.87. The summed E-state index contributed by atoms with van der Waals surface area (Å²) in [6.07, 6.45) is 6.66. The van der Waals surface area contributed by atoms with Gasteiger partial charge in [0, 0.05) is 30.2 Å². The number of nitrogens with one attached hydrogen (secondary N) is 2. The van der Waals surface area contributed by atoms with Crippen LogP contribution in [0.4, 0.5) is 5.69 Å². The largest absolute Gasteiger partial charge is 0.378 e. The van der Waals surface area contributed by atoms with Gasteiger partial charge < -0.3 is 9.88 Å². The van der Waals surface area contributed by atoms with Crippen LogP contribution in [0.3, 0.4) is 0 Å². The van der Waals surface area contributed by atoms with E-state index in [1.54, 1.807) is 30.8 Å². The highest BCUT2D eigenvalue weighted by atomic mass is 32.2. The molecule has 0 atom stereocenters. The van der Waals surface area contributed by atoms with Gasteiger partial charge in [-0.25, -0.2) is 5.43 Å². The molecule has 0 spiro atoms. The average Bonchev–Trinajstić information content (AvgIpc) is 3.14. The van der Waals surface area contributed by atoms with Gasteiger partial charge in [0.2, 0.25) is 0 Å². The van der Waals surface area contributed by atoms with Crippen molar-refractivity contribution in [1.82, 2.24) is 25.2 Å². The SMILES string of the molecule is C=CCn1c(CNc2ccccc2)nnc1SCC(=O)N/N=C\c1cccnc1. The third kappa shape index (κ3) is 6.28. The molecule has 0 fully saturated rings. The quantitative estimate of drug-likeness (QED) is 0.232. The number of allylic oxidation sites excluding steroid dienone is 1. The number of thioether (sulfide) groups is 1. The maximum Gasteiger partial charge on any atom is 0.250 e. The minimum atomic E-state index is -0.229. The molecule has 0 unspecified atom stereocenters. The van der Waals surface area contributed by atoms with Crippen molar-refractivity contribution in [2.45, 2.75) is 18.2 Å². The first kappa shape index (κ1) is 20.3. The van der Waals surface area contributed by atoms with Gasteiger partial charge in [-0.05, 0) is 18.2 Å². The second-order valence-corrected chi connectivity index (χ2v) is 6.83. The molecule has 2 N–H and O–H groups in total. The summed E-state index contributed by atoms with van der Waals surface area (Å²) in [6, 6.07) is 13.5. The molecule has 9 heteroatoms. The number of hydrogen-bond acceptors (Lipinski definition) is 7. The van der Waals surface area contributed by atoms with Crippen molar-refractivity contribution in [3.8, 4) is 0 Å². The maximum absolute atomic E-state index is 12.0. The number of benzene rings is 1. The van der Waals surface area contributed by atoms with Crippen LogP contribution in [0.15, 0.2) is 77.8 Å². The Kier molecular flexibility index (Phi) is 7.53. The molecule has 0 saturated heterocycles. The summed E-state index contributed by atoms with van der Waals surface area (Å²) in [4.78, 5) is 16.0. The molecular formula is C20H21N7OS. The molecule has 29 heavy (non-hydrogen) atoms. The zero-order valence-corrected chi connectivity index (χ0v) is 16.5. The number of anilines is 1. The van der Waals surface area contributed by atoms with E-state index in [2.05, 4.69) is 37.6 Å². The number of para-hydroxylation sites is 1. The molecule has 2 heterocycles. The third-order valence-corrected chi connectivity index (χ3v) is 4.72. The van der Waals surface area contributed by atoms with Gasteiger partial charge in [0.25, 0.3) is 5.91 Å².